The molecule has 0 saturated heterocycles. The molecule has 0 fully saturated rings. The van der Waals surface area contributed by atoms with E-state index in [4.69, 9.17) is 0 Å². The summed E-state index contributed by atoms with van der Waals surface area (Å²) < 4.78 is 21.4. The van der Waals surface area contributed by atoms with Gasteiger partial charge in [0.1, 0.15) is 5.03 Å². The van der Waals surface area contributed by atoms with Crippen LogP contribution in [0.2, 0.25) is 0 Å². The van der Waals surface area contributed by atoms with Crippen LogP contribution in [0.3, 0.4) is 0 Å². The topological polar surface area (TPSA) is 73.3 Å². The second-order valence-electron chi connectivity index (χ2n) is 2.79. The summed E-state index contributed by atoms with van der Waals surface area (Å²) in [5, 5.41) is -0.216. The smallest absolute Gasteiger partial charge is 0.767 e. The summed E-state index contributed by atoms with van der Waals surface area (Å²) in [4.78, 5) is 16.4. The predicted molar refractivity (Wildman–Crippen MR) is 49.4 cm³/mol. The predicted octanol–water partition coefficient (Wildman–Crippen LogP) is -2.97. The Morgan fingerprint density at radius 2 is 2.13 bits per heavy atom. The quantitative estimate of drug-likeness (QED) is 0.406. The minimum atomic E-state index is -2.49. The van der Waals surface area contributed by atoms with Gasteiger partial charge >= 0.3 is 29.6 Å². The Labute approximate surface area is 112 Å². The maximum atomic E-state index is 11.5. The maximum Gasteiger partial charge on any atom is 1.00 e. The van der Waals surface area contributed by atoms with Gasteiger partial charge in [0.15, 0.2) is 0 Å². The van der Waals surface area contributed by atoms with E-state index < -0.39 is 11.1 Å². The second kappa shape index (κ2) is 6.34. The van der Waals surface area contributed by atoms with E-state index >= 15 is 0 Å². The minimum absolute atomic E-state index is 0. The number of aromatic nitrogens is 1. The van der Waals surface area contributed by atoms with Gasteiger partial charge in [-0.2, -0.15) is 0 Å². The summed E-state index contributed by atoms with van der Waals surface area (Å²) in [6.45, 7) is 0. The van der Waals surface area contributed by atoms with Crippen molar-refractivity contribution < 1.29 is 43.1 Å². The van der Waals surface area contributed by atoms with Crippen molar-refractivity contribution in [2.24, 2.45) is 0 Å². The summed E-state index contributed by atoms with van der Waals surface area (Å²) in [6.07, 6.45) is 1.33. The van der Waals surface area contributed by atoms with Gasteiger partial charge in [-0.1, -0.05) is 0 Å². The van der Waals surface area contributed by atoms with E-state index in [-0.39, 0.29) is 46.1 Å². The van der Waals surface area contributed by atoms with E-state index in [9.17, 15) is 13.6 Å². The van der Waals surface area contributed by atoms with Crippen molar-refractivity contribution in [1.82, 2.24) is 9.88 Å². The number of nitrogens with zero attached hydrogens (tertiary/aromatic N) is 2. The molecule has 0 aliphatic rings. The van der Waals surface area contributed by atoms with Gasteiger partial charge < -0.3 is 9.45 Å². The summed E-state index contributed by atoms with van der Waals surface area (Å²) in [5.41, 5.74) is 0.0887. The summed E-state index contributed by atoms with van der Waals surface area (Å²) in [6, 6.07) is 2.95. The van der Waals surface area contributed by atoms with E-state index in [1.165, 1.54) is 23.2 Å². The van der Waals surface area contributed by atoms with Gasteiger partial charge in [0.05, 0.1) is 5.56 Å². The first-order chi connectivity index (χ1) is 6.54. The SMILES string of the molecule is CN(C)C(=O)c1cccnc1S(=O)[O-].[Na+]. The minimum Gasteiger partial charge on any atom is -0.767 e. The first kappa shape index (κ1) is 14.7. The molecule has 0 aliphatic carbocycles. The van der Waals surface area contributed by atoms with Crippen molar-refractivity contribution in [2.45, 2.75) is 5.03 Å². The van der Waals surface area contributed by atoms with Gasteiger partial charge in [0.2, 0.25) is 0 Å². The second-order valence-corrected chi connectivity index (χ2v) is 3.65. The maximum absolute atomic E-state index is 11.5. The van der Waals surface area contributed by atoms with Crippen LogP contribution in [0.5, 0.6) is 0 Å². The van der Waals surface area contributed by atoms with E-state index in [1.54, 1.807) is 14.1 Å². The standard InChI is InChI=1S/C8H10N2O3S.Na/c1-10(2)8(11)6-4-3-5-9-7(6)14(12)13;/h3-5H,1-2H3,(H,12,13);/q;+1/p-1. The van der Waals surface area contributed by atoms with Gasteiger partial charge in [-0.3, -0.25) is 9.00 Å². The molecule has 15 heavy (non-hydrogen) atoms. The fourth-order valence-electron chi connectivity index (χ4n) is 0.927. The average Bonchev–Trinajstić information content (AvgIpc) is 2.16. The Morgan fingerprint density at radius 1 is 1.53 bits per heavy atom. The van der Waals surface area contributed by atoms with Gasteiger partial charge in [-0.15, -0.1) is 0 Å². The molecule has 76 valence electrons. The molecule has 0 aromatic carbocycles. The van der Waals surface area contributed by atoms with Crippen LogP contribution in [0.15, 0.2) is 23.4 Å². The van der Waals surface area contributed by atoms with Crippen LogP contribution in [0.25, 0.3) is 0 Å². The molecule has 0 radical (unpaired) electrons. The Hall–Kier alpha value is -0.270. The van der Waals surface area contributed by atoms with Crippen LogP contribution in [0, 0.1) is 0 Å². The number of hydrogen-bond acceptors (Lipinski definition) is 4. The summed E-state index contributed by atoms with van der Waals surface area (Å²) in [7, 11) is 3.10. The Kier molecular flexibility index (Phi) is 6.23. The van der Waals surface area contributed by atoms with Crippen LogP contribution in [-0.4, -0.2) is 38.6 Å². The molecule has 7 heteroatoms. The summed E-state index contributed by atoms with van der Waals surface area (Å²) >= 11 is -2.49. The van der Waals surface area contributed by atoms with Crippen molar-refractivity contribution >= 4 is 17.0 Å². The molecule has 1 aromatic rings. The summed E-state index contributed by atoms with van der Waals surface area (Å²) in [5.74, 6) is -0.377. The van der Waals surface area contributed by atoms with Gasteiger partial charge in [-0.05, 0) is 23.2 Å². The third kappa shape index (κ3) is 3.66. The third-order valence-electron chi connectivity index (χ3n) is 1.57. The number of carbonyl (C=O) groups excluding carboxylic acids is 1. The molecule has 0 saturated carbocycles. The van der Waals surface area contributed by atoms with Crippen molar-refractivity contribution in [2.75, 3.05) is 14.1 Å². The molecule has 1 amide bonds. The molecule has 1 rings (SSSR count). The number of carbonyl (C=O) groups is 1. The number of pyridine rings is 1. The zero-order chi connectivity index (χ0) is 10.7. The fraction of sp³-hybridized carbons (Fsp3) is 0.250. The van der Waals surface area contributed by atoms with Crippen LogP contribution >= 0.6 is 0 Å². The van der Waals surface area contributed by atoms with Crippen molar-refractivity contribution in [3.8, 4) is 0 Å². The molecule has 1 unspecified atom stereocenters. The Balaban J connectivity index is 0.00000196. The number of amides is 1. The molecule has 0 N–H and O–H groups in total. The molecule has 5 nitrogen and oxygen atoms in total. The van der Waals surface area contributed by atoms with E-state index in [0.29, 0.717) is 0 Å². The molecular weight excluding hydrogens is 227 g/mol. The average molecular weight is 236 g/mol. The largest absolute Gasteiger partial charge is 1.00 e. The molecule has 1 aromatic heterocycles. The van der Waals surface area contributed by atoms with Crippen molar-refractivity contribution in [1.29, 1.82) is 0 Å². The van der Waals surface area contributed by atoms with Crippen molar-refractivity contribution in [3.05, 3.63) is 23.9 Å². The van der Waals surface area contributed by atoms with Crippen LogP contribution in [0.1, 0.15) is 10.4 Å². The number of hydrogen-bond donors (Lipinski definition) is 0. The number of rotatable bonds is 2. The fourth-order valence-corrected chi connectivity index (χ4v) is 1.41. The molecular formula is C8H9N2NaO3S. The zero-order valence-electron chi connectivity index (χ0n) is 8.76. The first-order valence-electron chi connectivity index (χ1n) is 3.80. The van der Waals surface area contributed by atoms with E-state index in [0.717, 1.165) is 0 Å². The molecule has 0 spiro atoms. The molecule has 0 bridgehead atoms. The van der Waals surface area contributed by atoms with Crippen LogP contribution in [-0.2, 0) is 11.1 Å². The van der Waals surface area contributed by atoms with Gasteiger partial charge in [-0.25, -0.2) is 4.98 Å². The monoisotopic (exact) mass is 236 g/mol. The van der Waals surface area contributed by atoms with Crippen molar-refractivity contribution in [3.63, 3.8) is 0 Å². The first-order valence-corrected chi connectivity index (χ1v) is 4.87. The zero-order valence-corrected chi connectivity index (χ0v) is 11.6. The van der Waals surface area contributed by atoms with Gasteiger partial charge in [0, 0.05) is 20.3 Å². The van der Waals surface area contributed by atoms with Gasteiger partial charge in [0.25, 0.3) is 5.91 Å². The Bertz CT molecular complexity index is 384. The van der Waals surface area contributed by atoms with E-state index in [2.05, 4.69) is 4.98 Å². The third-order valence-corrected chi connectivity index (χ3v) is 2.21. The van der Waals surface area contributed by atoms with Crippen LogP contribution < -0.4 is 29.6 Å². The molecule has 0 aliphatic heterocycles. The normalized spacial score (nSPS) is 11.4. The van der Waals surface area contributed by atoms with E-state index in [1.807, 2.05) is 0 Å². The Morgan fingerprint density at radius 3 is 2.60 bits per heavy atom. The molecule has 1 heterocycles. The molecule has 1 atom stereocenters. The van der Waals surface area contributed by atoms with Crippen LogP contribution in [0.4, 0.5) is 0 Å².